The standard InChI is InChI=1S/C9H11N3/c10-7-9(11-12-9)6-8-4-2-1-3-5-8/h1-5H,6-7,10H2. The van der Waals surface area contributed by atoms with E-state index in [1.54, 1.807) is 0 Å². The SMILES string of the molecule is NCC1(Cc2ccccc2)N=N1. The van der Waals surface area contributed by atoms with Crippen molar-refractivity contribution in [3.63, 3.8) is 0 Å². The highest BCUT2D eigenvalue weighted by molar-refractivity contribution is 5.19. The molecule has 2 N–H and O–H groups in total. The third-order valence-corrected chi connectivity index (χ3v) is 2.04. The molecule has 1 heterocycles. The minimum absolute atomic E-state index is 0.276. The van der Waals surface area contributed by atoms with Crippen LogP contribution in [-0.2, 0) is 6.42 Å². The van der Waals surface area contributed by atoms with Crippen molar-refractivity contribution in [3.8, 4) is 0 Å². The largest absolute Gasteiger partial charge is 0.326 e. The molecule has 12 heavy (non-hydrogen) atoms. The number of benzene rings is 1. The predicted octanol–water partition coefficient (Wildman–Crippen LogP) is 1.35. The van der Waals surface area contributed by atoms with Crippen LogP contribution in [0.5, 0.6) is 0 Å². The molecule has 0 bridgehead atoms. The second kappa shape index (κ2) is 2.68. The van der Waals surface area contributed by atoms with Crippen molar-refractivity contribution in [1.82, 2.24) is 0 Å². The van der Waals surface area contributed by atoms with Gasteiger partial charge in [-0.1, -0.05) is 30.3 Å². The second-order valence-electron chi connectivity index (χ2n) is 3.05. The first-order valence-corrected chi connectivity index (χ1v) is 4.03. The van der Waals surface area contributed by atoms with E-state index in [1.165, 1.54) is 5.56 Å². The van der Waals surface area contributed by atoms with Crippen LogP contribution in [0, 0.1) is 0 Å². The molecule has 3 heteroatoms. The van der Waals surface area contributed by atoms with Gasteiger partial charge in [0.1, 0.15) is 0 Å². The van der Waals surface area contributed by atoms with Gasteiger partial charge in [-0.25, -0.2) is 0 Å². The Balaban J connectivity index is 2.05. The van der Waals surface area contributed by atoms with Crippen LogP contribution in [0.25, 0.3) is 0 Å². The van der Waals surface area contributed by atoms with Gasteiger partial charge in [0.05, 0.1) is 0 Å². The molecule has 0 unspecified atom stereocenters. The minimum atomic E-state index is -0.276. The zero-order valence-electron chi connectivity index (χ0n) is 6.77. The van der Waals surface area contributed by atoms with E-state index < -0.39 is 0 Å². The first-order chi connectivity index (χ1) is 5.85. The Morgan fingerprint density at radius 1 is 1.17 bits per heavy atom. The van der Waals surface area contributed by atoms with Gasteiger partial charge in [-0.15, -0.1) is 0 Å². The van der Waals surface area contributed by atoms with Crippen molar-refractivity contribution in [3.05, 3.63) is 35.9 Å². The Morgan fingerprint density at radius 2 is 1.83 bits per heavy atom. The van der Waals surface area contributed by atoms with Gasteiger partial charge in [0.15, 0.2) is 0 Å². The molecular weight excluding hydrogens is 150 g/mol. The van der Waals surface area contributed by atoms with E-state index in [9.17, 15) is 0 Å². The first-order valence-electron chi connectivity index (χ1n) is 4.03. The molecule has 0 atom stereocenters. The van der Waals surface area contributed by atoms with Crippen molar-refractivity contribution >= 4 is 0 Å². The lowest BCUT2D eigenvalue weighted by Crippen LogP contribution is -2.26. The summed E-state index contributed by atoms with van der Waals surface area (Å²) in [5.74, 6) is 0. The summed E-state index contributed by atoms with van der Waals surface area (Å²) in [5.41, 5.74) is 6.50. The Kier molecular flexibility index (Phi) is 1.66. The van der Waals surface area contributed by atoms with E-state index in [4.69, 9.17) is 5.73 Å². The fraction of sp³-hybridized carbons (Fsp3) is 0.333. The van der Waals surface area contributed by atoms with Crippen molar-refractivity contribution in [2.45, 2.75) is 12.1 Å². The van der Waals surface area contributed by atoms with Crippen molar-refractivity contribution in [2.75, 3.05) is 6.54 Å². The quantitative estimate of drug-likeness (QED) is 0.714. The van der Waals surface area contributed by atoms with Crippen LogP contribution in [0.15, 0.2) is 40.6 Å². The van der Waals surface area contributed by atoms with Crippen LogP contribution in [-0.4, -0.2) is 12.2 Å². The van der Waals surface area contributed by atoms with Gasteiger partial charge >= 0.3 is 0 Å². The first kappa shape index (κ1) is 7.43. The minimum Gasteiger partial charge on any atom is -0.326 e. The number of rotatable bonds is 3. The Bertz CT molecular complexity index is 286. The van der Waals surface area contributed by atoms with E-state index in [0.29, 0.717) is 6.54 Å². The average molecular weight is 161 g/mol. The van der Waals surface area contributed by atoms with Crippen LogP contribution in [0.3, 0.4) is 0 Å². The van der Waals surface area contributed by atoms with Gasteiger partial charge < -0.3 is 5.73 Å². The topological polar surface area (TPSA) is 50.7 Å². The van der Waals surface area contributed by atoms with Crippen LogP contribution >= 0.6 is 0 Å². The highest BCUT2D eigenvalue weighted by Crippen LogP contribution is 2.30. The molecule has 1 aliphatic rings. The molecule has 62 valence electrons. The van der Waals surface area contributed by atoms with Gasteiger partial charge in [0, 0.05) is 13.0 Å². The number of nitrogens with two attached hydrogens (primary N) is 1. The third-order valence-electron chi connectivity index (χ3n) is 2.04. The molecule has 0 saturated carbocycles. The molecule has 2 rings (SSSR count). The number of hydrogen-bond donors (Lipinski definition) is 1. The zero-order chi connectivity index (χ0) is 8.44. The summed E-state index contributed by atoms with van der Waals surface area (Å²) >= 11 is 0. The van der Waals surface area contributed by atoms with Crippen LogP contribution in [0.1, 0.15) is 5.56 Å². The maximum absolute atomic E-state index is 5.53. The summed E-state index contributed by atoms with van der Waals surface area (Å²) in [7, 11) is 0. The van der Waals surface area contributed by atoms with Gasteiger partial charge in [0.2, 0.25) is 5.66 Å². The third kappa shape index (κ3) is 1.36. The van der Waals surface area contributed by atoms with Gasteiger partial charge in [0.25, 0.3) is 0 Å². The monoisotopic (exact) mass is 161 g/mol. The van der Waals surface area contributed by atoms with Crippen molar-refractivity contribution in [2.24, 2.45) is 16.0 Å². The van der Waals surface area contributed by atoms with Gasteiger partial charge in [-0.3, -0.25) is 0 Å². The lowest BCUT2D eigenvalue weighted by molar-refractivity contribution is 0.607. The highest BCUT2D eigenvalue weighted by Gasteiger charge is 2.38. The molecule has 1 aliphatic heterocycles. The fourth-order valence-corrected chi connectivity index (χ4v) is 1.22. The van der Waals surface area contributed by atoms with E-state index >= 15 is 0 Å². The molecule has 0 saturated heterocycles. The molecular formula is C9H11N3. The Hall–Kier alpha value is -1.22. The lowest BCUT2D eigenvalue weighted by Gasteiger charge is -2.06. The van der Waals surface area contributed by atoms with Crippen LogP contribution < -0.4 is 5.73 Å². The van der Waals surface area contributed by atoms with Crippen molar-refractivity contribution in [1.29, 1.82) is 0 Å². The molecule has 1 aromatic carbocycles. The Morgan fingerprint density at radius 3 is 2.33 bits per heavy atom. The summed E-state index contributed by atoms with van der Waals surface area (Å²) in [5, 5.41) is 7.90. The molecule has 0 amide bonds. The number of nitrogens with zero attached hydrogens (tertiary/aromatic N) is 2. The average Bonchev–Trinajstić information content (AvgIpc) is 2.88. The molecule has 0 radical (unpaired) electrons. The maximum Gasteiger partial charge on any atom is 0.206 e. The molecule has 3 nitrogen and oxygen atoms in total. The normalized spacial score (nSPS) is 17.8. The second-order valence-corrected chi connectivity index (χ2v) is 3.05. The van der Waals surface area contributed by atoms with E-state index in [2.05, 4.69) is 22.4 Å². The van der Waals surface area contributed by atoms with E-state index in [1.807, 2.05) is 18.2 Å². The molecule has 0 fully saturated rings. The summed E-state index contributed by atoms with van der Waals surface area (Å²) in [6.07, 6.45) is 0.838. The Labute approximate surface area is 71.3 Å². The summed E-state index contributed by atoms with van der Waals surface area (Å²) < 4.78 is 0. The van der Waals surface area contributed by atoms with Gasteiger partial charge in [-0.2, -0.15) is 10.2 Å². The van der Waals surface area contributed by atoms with E-state index in [0.717, 1.165) is 6.42 Å². The highest BCUT2D eigenvalue weighted by atomic mass is 15.4. The van der Waals surface area contributed by atoms with Crippen LogP contribution in [0.2, 0.25) is 0 Å². The maximum atomic E-state index is 5.53. The molecule has 0 aliphatic carbocycles. The number of hydrogen-bond acceptors (Lipinski definition) is 3. The van der Waals surface area contributed by atoms with Gasteiger partial charge in [-0.05, 0) is 5.56 Å². The fourth-order valence-electron chi connectivity index (χ4n) is 1.22. The van der Waals surface area contributed by atoms with Crippen molar-refractivity contribution < 1.29 is 0 Å². The van der Waals surface area contributed by atoms with Crippen LogP contribution in [0.4, 0.5) is 0 Å². The molecule has 0 aromatic heterocycles. The molecule has 1 aromatic rings. The summed E-state index contributed by atoms with van der Waals surface area (Å²) in [6, 6.07) is 10.2. The smallest absolute Gasteiger partial charge is 0.206 e. The summed E-state index contributed by atoms with van der Waals surface area (Å²) in [6.45, 7) is 0.516. The molecule has 0 spiro atoms. The lowest BCUT2D eigenvalue weighted by atomic mass is 10.0. The predicted molar refractivity (Wildman–Crippen MR) is 46.8 cm³/mol. The zero-order valence-corrected chi connectivity index (χ0v) is 6.77. The van der Waals surface area contributed by atoms with E-state index in [-0.39, 0.29) is 5.66 Å². The summed E-state index contributed by atoms with van der Waals surface area (Å²) in [4.78, 5) is 0.